The van der Waals surface area contributed by atoms with E-state index in [4.69, 9.17) is 9.47 Å². The number of methoxy groups -OCH3 is 1. The van der Waals surface area contributed by atoms with Crippen LogP contribution in [0.3, 0.4) is 0 Å². The third-order valence-corrected chi connectivity index (χ3v) is 6.83. The highest BCUT2D eigenvalue weighted by Gasteiger charge is 2.34. The van der Waals surface area contributed by atoms with E-state index in [1.54, 1.807) is 91.2 Å². The fourth-order valence-corrected chi connectivity index (χ4v) is 4.77. The lowest BCUT2D eigenvalue weighted by Crippen LogP contribution is -2.35. The van der Waals surface area contributed by atoms with Gasteiger partial charge in [-0.15, -0.1) is 0 Å². The van der Waals surface area contributed by atoms with Crippen LogP contribution >= 0.6 is 22.6 Å². The van der Waals surface area contributed by atoms with Gasteiger partial charge in [-0.1, -0.05) is 37.3 Å². The maximum atomic E-state index is 14.6. The van der Waals surface area contributed by atoms with Gasteiger partial charge in [0.1, 0.15) is 29.8 Å². The zero-order chi connectivity index (χ0) is 28.1. The number of ether oxygens (including phenoxy) is 2. The lowest BCUT2D eigenvalue weighted by Gasteiger charge is -2.25. The molecule has 4 rings (SSSR count). The van der Waals surface area contributed by atoms with Crippen LogP contribution in [0.2, 0.25) is 0 Å². The Hall–Kier alpha value is -3.71. The lowest BCUT2D eigenvalue weighted by atomic mass is 9.92. The molecule has 204 valence electrons. The van der Waals surface area contributed by atoms with Crippen LogP contribution in [0, 0.1) is 15.2 Å². The van der Waals surface area contributed by atoms with Crippen LogP contribution in [0.15, 0.2) is 71.5 Å². The minimum absolute atomic E-state index is 0.0770. The Morgan fingerprint density at radius 1 is 1.08 bits per heavy atom. The molecule has 2 atom stereocenters. The van der Waals surface area contributed by atoms with Gasteiger partial charge in [0.05, 0.1) is 6.61 Å². The smallest absolute Gasteiger partial charge is 0.329 e. The molecule has 0 saturated heterocycles. The van der Waals surface area contributed by atoms with Gasteiger partial charge in [-0.05, 0) is 64.6 Å². The molecule has 0 saturated carbocycles. The van der Waals surface area contributed by atoms with Gasteiger partial charge < -0.3 is 24.9 Å². The third kappa shape index (κ3) is 6.31. The Labute approximate surface area is 236 Å². The van der Waals surface area contributed by atoms with Crippen LogP contribution in [0.1, 0.15) is 24.4 Å². The second-order valence-electron chi connectivity index (χ2n) is 8.74. The van der Waals surface area contributed by atoms with Crippen LogP contribution in [0.5, 0.6) is 11.6 Å². The van der Waals surface area contributed by atoms with Gasteiger partial charge in [-0.2, -0.15) is 0 Å². The SMILES string of the molecule is COCCOc1ccc(-c2[nH]c(=O)n([C@H](C(=O)Nc3c(F)cc(I)cc3F)[C@@H](C)c3ccccc3)c2O)cc1. The molecule has 1 aromatic heterocycles. The Morgan fingerprint density at radius 2 is 1.72 bits per heavy atom. The number of anilines is 1. The van der Waals surface area contributed by atoms with E-state index >= 15 is 0 Å². The van der Waals surface area contributed by atoms with Crippen molar-refractivity contribution in [2.75, 3.05) is 25.6 Å². The maximum absolute atomic E-state index is 14.6. The van der Waals surface area contributed by atoms with E-state index in [-0.39, 0.29) is 5.69 Å². The van der Waals surface area contributed by atoms with Gasteiger partial charge in [0, 0.05) is 22.2 Å². The largest absolute Gasteiger partial charge is 0.493 e. The van der Waals surface area contributed by atoms with Crippen molar-refractivity contribution in [3.8, 4) is 22.9 Å². The highest BCUT2D eigenvalue weighted by molar-refractivity contribution is 14.1. The van der Waals surface area contributed by atoms with Crippen molar-refractivity contribution >= 4 is 34.2 Å². The number of nitrogens with one attached hydrogen (secondary N) is 2. The Kier molecular flexibility index (Phi) is 9.02. The summed E-state index contributed by atoms with van der Waals surface area (Å²) in [6, 6.07) is 16.3. The molecule has 39 heavy (non-hydrogen) atoms. The van der Waals surface area contributed by atoms with Crippen LogP contribution in [-0.2, 0) is 9.53 Å². The summed E-state index contributed by atoms with van der Waals surface area (Å²) in [5.74, 6) is -3.41. The van der Waals surface area contributed by atoms with Gasteiger partial charge in [0.25, 0.3) is 0 Å². The van der Waals surface area contributed by atoms with Crippen molar-refractivity contribution < 1.29 is 28.2 Å². The summed E-state index contributed by atoms with van der Waals surface area (Å²) in [6.45, 7) is 2.45. The van der Waals surface area contributed by atoms with Gasteiger partial charge in [-0.3, -0.25) is 4.79 Å². The molecular weight excluding hydrogens is 623 g/mol. The zero-order valence-corrected chi connectivity index (χ0v) is 23.2. The minimum atomic E-state index is -1.36. The standard InChI is InChI=1S/C28H26F2IN3O5/c1-16(17-6-4-3-5-7-17)25(26(35)32-24-21(29)14-19(31)15-22(24)30)34-27(36)23(33-28(34)37)18-8-10-20(11-9-18)39-13-12-38-2/h3-11,14-16,25,36H,12-13H2,1-2H3,(H,32,35)(H,33,37)/t16-,25-/m0/s1. The minimum Gasteiger partial charge on any atom is -0.493 e. The highest BCUT2D eigenvalue weighted by Crippen LogP contribution is 2.36. The second-order valence-corrected chi connectivity index (χ2v) is 9.99. The molecule has 1 amide bonds. The molecule has 8 nitrogen and oxygen atoms in total. The average Bonchev–Trinajstić information content (AvgIpc) is 3.21. The van der Waals surface area contributed by atoms with E-state index in [1.165, 1.54) is 0 Å². The molecule has 3 N–H and O–H groups in total. The summed E-state index contributed by atoms with van der Waals surface area (Å²) >= 11 is 1.76. The Morgan fingerprint density at radius 3 is 2.33 bits per heavy atom. The van der Waals surface area contributed by atoms with Crippen molar-refractivity contribution in [3.05, 3.63) is 98.0 Å². The van der Waals surface area contributed by atoms with Crippen LogP contribution in [0.4, 0.5) is 14.5 Å². The first-order chi connectivity index (χ1) is 18.7. The number of carbonyl (C=O) groups excluding carboxylic acids is 1. The first-order valence-corrected chi connectivity index (χ1v) is 13.0. The van der Waals surface area contributed by atoms with Crippen molar-refractivity contribution in [2.45, 2.75) is 18.9 Å². The first-order valence-electron chi connectivity index (χ1n) is 12.0. The summed E-state index contributed by atoms with van der Waals surface area (Å²) in [6.07, 6.45) is 0. The molecule has 0 fully saturated rings. The number of hydrogen-bond donors (Lipinski definition) is 3. The number of carbonyl (C=O) groups is 1. The van der Waals surface area contributed by atoms with E-state index in [2.05, 4.69) is 10.3 Å². The molecule has 1 heterocycles. The van der Waals surface area contributed by atoms with E-state index in [0.29, 0.717) is 33.7 Å². The number of rotatable bonds is 10. The van der Waals surface area contributed by atoms with E-state index in [0.717, 1.165) is 16.7 Å². The topological polar surface area (TPSA) is 106 Å². The number of halogens is 3. The van der Waals surface area contributed by atoms with Crippen LogP contribution in [0.25, 0.3) is 11.3 Å². The van der Waals surface area contributed by atoms with E-state index < -0.39 is 46.8 Å². The number of H-pyrrole nitrogens is 1. The van der Waals surface area contributed by atoms with Crippen molar-refractivity contribution in [3.63, 3.8) is 0 Å². The summed E-state index contributed by atoms with van der Waals surface area (Å²) in [5, 5.41) is 13.5. The summed E-state index contributed by atoms with van der Waals surface area (Å²) in [7, 11) is 1.57. The number of imidazole rings is 1. The molecule has 0 unspecified atom stereocenters. The van der Waals surface area contributed by atoms with E-state index in [9.17, 15) is 23.5 Å². The number of hydrogen-bond acceptors (Lipinski definition) is 5. The van der Waals surface area contributed by atoms with Gasteiger partial charge >= 0.3 is 5.69 Å². The molecule has 11 heteroatoms. The summed E-state index contributed by atoms with van der Waals surface area (Å²) in [4.78, 5) is 29.4. The van der Waals surface area contributed by atoms with Crippen molar-refractivity contribution in [1.82, 2.24) is 9.55 Å². The van der Waals surface area contributed by atoms with Crippen molar-refractivity contribution in [2.24, 2.45) is 0 Å². The highest BCUT2D eigenvalue weighted by atomic mass is 127. The second kappa shape index (κ2) is 12.4. The van der Waals surface area contributed by atoms with Crippen molar-refractivity contribution in [1.29, 1.82) is 0 Å². The number of amides is 1. The quantitative estimate of drug-likeness (QED) is 0.157. The molecule has 3 aromatic carbocycles. The van der Waals surface area contributed by atoms with Gasteiger partial charge in [0.15, 0.2) is 11.6 Å². The molecule has 0 spiro atoms. The normalized spacial score (nSPS) is 12.6. The third-order valence-electron chi connectivity index (χ3n) is 6.20. The zero-order valence-electron chi connectivity index (χ0n) is 21.1. The molecule has 0 aliphatic heterocycles. The van der Waals surface area contributed by atoms with Gasteiger partial charge in [-0.25, -0.2) is 18.1 Å². The number of aromatic hydroxyl groups is 1. The maximum Gasteiger partial charge on any atom is 0.329 e. The lowest BCUT2D eigenvalue weighted by molar-refractivity contribution is -0.120. The molecule has 0 aliphatic carbocycles. The van der Waals surface area contributed by atoms with Gasteiger partial charge in [0.2, 0.25) is 11.8 Å². The summed E-state index contributed by atoms with van der Waals surface area (Å²) in [5.41, 5.74) is -0.197. The van der Waals surface area contributed by atoms with Crippen LogP contribution < -0.4 is 15.7 Å². The Bertz CT molecular complexity index is 1480. The fourth-order valence-electron chi connectivity index (χ4n) is 4.23. The first kappa shape index (κ1) is 28.3. The predicted molar refractivity (Wildman–Crippen MR) is 151 cm³/mol. The number of aromatic nitrogens is 2. The predicted octanol–water partition coefficient (Wildman–Crippen LogP) is 5.44. The fraction of sp³-hybridized carbons (Fsp3) is 0.214. The molecule has 0 radical (unpaired) electrons. The summed E-state index contributed by atoms with van der Waals surface area (Å²) < 4.78 is 40.9. The Balaban J connectivity index is 1.74. The molecule has 4 aromatic rings. The van der Waals surface area contributed by atoms with E-state index in [1.807, 2.05) is 0 Å². The number of aromatic amines is 1. The average molecular weight is 649 g/mol. The molecule has 0 bridgehead atoms. The number of benzene rings is 3. The van der Waals surface area contributed by atoms with Crippen LogP contribution in [-0.4, -0.2) is 40.9 Å². The molecule has 0 aliphatic rings. The number of nitrogens with zero attached hydrogens (tertiary/aromatic N) is 1. The molecular formula is C28H26F2IN3O5. The monoisotopic (exact) mass is 649 g/mol.